The monoisotopic (exact) mass is 233 g/mol. The highest BCUT2D eigenvalue weighted by Crippen LogP contribution is 2.18. The molecule has 1 unspecified atom stereocenters. The third-order valence-corrected chi connectivity index (χ3v) is 2.36. The fourth-order valence-corrected chi connectivity index (χ4v) is 1.63. The number of aliphatic hydroxyl groups excluding tert-OH is 1. The summed E-state index contributed by atoms with van der Waals surface area (Å²) in [6, 6.07) is 7.71. The van der Waals surface area contributed by atoms with Crippen molar-refractivity contribution in [3.8, 4) is 11.4 Å². The van der Waals surface area contributed by atoms with Crippen LogP contribution in [-0.2, 0) is 13.0 Å². The van der Waals surface area contributed by atoms with Gasteiger partial charge in [-0.3, -0.25) is 0 Å². The zero-order valence-corrected chi connectivity index (χ0v) is 9.63. The van der Waals surface area contributed by atoms with Gasteiger partial charge in [0.25, 0.3) is 0 Å². The summed E-state index contributed by atoms with van der Waals surface area (Å²) in [6.07, 6.45) is 0.241. The van der Waals surface area contributed by atoms with Gasteiger partial charge in [0.2, 0.25) is 11.7 Å². The predicted molar refractivity (Wildman–Crippen MR) is 63.0 cm³/mol. The highest BCUT2D eigenvalue weighted by atomic mass is 16.5. The number of benzene rings is 1. The van der Waals surface area contributed by atoms with Crippen molar-refractivity contribution in [1.82, 2.24) is 10.1 Å². The third-order valence-electron chi connectivity index (χ3n) is 2.36. The van der Waals surface area contributed by atoms with Crippen molar-refractivity contribution in [1.29, 1.82) is 0 Å². The van der Waals surface area contributed by atoms with E-state index in [1.165, 1.54) is 0 Å². The van der Waals surface area contributed by atoms with E-state index in [1.54, 1.807) is 6.92 Å². The molecule has 0 radical (unpaired) electrons. The fraction of sp³-hybridized carbons (Fsp3) is 0.333. The first-order valence-electron chi connectivity index (χ1n) is 5.49. The van der Waals surface area contributed by atoms with Gasteiger partial charge in [-0.1, -0.05) is 23.4 Å². The lowest BCUT2D eigenvalue weighted by Crippen LogP contribution is -2.04. The number of nitrogens with zero attached hydrogens (tertiary/aromatic N) is 2. The van der Waals surface area contributed by atoms with Crippen LogP contribution in [0.3, 0.4) is 0 Å². The second kappa shape index (κ2) is 5.07. The molecule has 90 valence electrons. The molecule has 2 rings (SSSR count). The first kappa shape index (κ1) is 11.8. The lowest BCUT2D eigenvalue weighted by molar-refractivity contribution is 0.195. The van der Waals surface area contributed by atoms with E-state index in [0.29, 0.717) is 18.1 Å². The Bertz CT molecular complexity index is 494. The van der Waals surface area contributed by atoms with E-state index in [4.69, 9.17) is 10.3 Å². The van der Waals surface area contributed by atoms with Gasteiger partial charge in [-0.05, 0) is 25.0 Å². The highest BCUT2D eigenvalue weighted by Gasteiger charge is 2.08. The first-order valence-corrected chi connectivity index (χ1v) is 5.49. The minimum atomic E-state index is -0.366. The van der Waals surface area contributed by atoms with Crippen molar-refractivity contribution >= 4 is 0 Å². The van der Waals surface area contributed by atoms with E-state index in [2.05, 4.69) is 10.1 Å². The Hall–Kier alpha value is -1.72. The molecule has 1 aromatic heterocycles. The van der Waals surface area contributed by atoms with E-state index in [9.17, 15) is 5.11 Å². The molecule has 5 heteroatoms. The van der Waals surface area contributed by atoms with Crippen LogP contribution >= 0.6 is 0 Å². The Labute approximate surface area is 99.3 Å². The van der Waals surface area contributed by atoms with Crippen LogP contribution in [0.1, 0.15) is 18.4 Å². The van der Waals surface area contributed by atoms with Crippen molar-refractivity contribution in [2.45, 2.75) is 26.0 Å². The topological polar surface area (TPSA) is 85.2 Å². The van der Waals surface area contributed by atoms with Crippen molar-refractivity contribution in [2.24, 2.45) is 5.73 Å². The van der Waals surface area contributed by atoms with Gasteiger partial charge in [0, 0.05) is 5.56 Å². The van der Waals surface area contributed by atoms with E-state index >= 15 is 0 Å². The van der Waals surface area contributed by atoms with Gasteiger partial charge in [-0.25, -0.2) is 0 Å². The van der Waals surface area contributed by atoms with Crippen LogP contribution in [0.25, 0.3) is 11.4 Å². The van der Waals surface area contributed by atoms with Crippen molar-refractivity contribution < 1.29 is 9.63 Å². The van der Waals surface area contributed by atoms with Gasteiger partial charge < -0.3 is 15.4 Å². The molecule has 0 saturated heterocycles. The average molecular weight is 233 g/mol. The van der Waals surface area contributed by atoms with Crippen LogP contribution < -0.4 is 5.73 Å². The zero-order chi connectivity index (χ0) is 12.3. The van der Waals surface area contributed by atoms with Crippen LogP contribution in [0, 0.1) is 0 Å². The number of hydrogen-bond donors (Lipinski definition) is 2. The molecule has 0 spiro atoms. The van der Waals surface area contributed by atoms with E-state index in [-0.39, 0.29) is 12.6 Å². The maximum absolute atomic E-state index is 9.34. The predicted octanol–water partition coefficient (Wildman–Crippen LogP) is 1.12. The van der Waals surface area contributed by atoms with Crippen LogP contribution in [-0.4, -0.2) is 21.4 Å². The van der Waals surface area contributed by atoms with Gasteiger partial charge >= 0.3 is 0 Å². The standard InChI is InChI=1S/C12H15N3O2/c1-8(16)5-9-3-2-4-10(6-9)12-14-11(7-13)17-15-12/h2-4,6,8,16H,5,7,13H2,1H3. The molecule has 0 amide bonds. The quantitative estimate of drug-likeness (QED) is 0.826. The molecule has 0 saturated carbocycles. The maximum Gasteiger partial charge on any atom is 0.240 e. The molecule has 1 aromatic carbocycles. The van der Waals surface area contributed by atoms with Crippen molar-refractivity contribution in [3.05, 3.63) is 35.7 Å². The van der Waals surface area contributed by atoms with E-state index in [0.717, 1.165) is 11.1 Å². The highest BCUT2D eigenvalue weighted by molar-refractivity contribution is 5.55. The Morgan fingerprint density at radius 2 is 2.29 bits per heavy atom. The molecule has 5 nitrogen and oxygen atoms in total. The van der Waals surface area contributed by atoms with Gasteiger partial charge in [-0.2, -0.15) is 4.98 Å². The Balaban J connectivity index is 2.26. The summed E-state index contributed by atoms with van der Waals surface area (Å²) < 4.78 is 4.95. The van der Waals surface area contributed by atoms with Crippen molar-refractivity contribution in [3.63, 3.8) is 0 Å². The minimum absolute atomic E-state index is 0.236. The number of rotatable bonds is 4. The molecular weight excluding hydrogens is 218 g/mol. The molecule has 0 bridgehead atoms. The second-order valence-electron chi connectivity index (χ2n) is 3.97. The number of aliphatic hydroxyl groups is 1. The number of aromatic nitrogens is 2. The van der Waals surface area contributed by atoms with E-state index < -0.39 is 0 Å². The molecule has 3 N–H and O–H groups in total. The molecule has 0 aliphatic carbocycles. The smallest absolute Gasteiger partial charge is 0.240 e. The van der Waals surface area contributed by atoms with E-state index in [1.807, 2.05) is 24.3 Å². The molecule has 2 aromatic rings. The molecule has 0 fully saturated rings. The van der Waals surface area contributed by atoms with Crippen LogP contribution in [0.15, 0.2) is 28.8 Å². The summed E-state index contributed by atoms with van der Waals surface area (Å²) in [5, 5.41) is 13.2. The molecular formula is C12H15N3O2. The lowest BCUT2D eigenvalue weighted by atomic mass is 10.1. The fourth-order valence-electron chi connectivity index (χ4n) is 1.63. The summed E-state index contributed by atoms with van der Waals surface area (Å²) >= 11 is 0. The van der Waals surface area contributed by atoms with Crippen LogP contribution in [0.2, 0.25) is 0 Å². The molecule has 0 aliphatic heterocycles. The number of nitrogens with two attached hydrogens (primary N) is 1. The summed E-state index contributed by atoms with van der Waals surface area (Å²) in [6.45, 7) is 1.99. The third kappa shape index (κ3) is 2.89. The Morgan fingerprint density at radius 1 is 1.47 bits per heavy atom. The average Bonchev–Trinajstić information content (AvgIpc) is 2.77. The van der Waals surface area contributed by atoms with Gasteiger partial charge in [0.1, 0.15) is 0 Å². The maximum atomic E-state index is 9.34. The van der Waals surface area contributed by atoms with Crippen LogP contribution in [0.4, 0.5) is 0 Å². The largest absolute Gasteiger partial charge is 0.393 e. The van der Waals surface area contributed by atoms with Gasteiger partial charge in [-0.15, -0.1) is 0 Å². The van der Waals surface area contributed by atoms with Gasteiger partial charge in [0.15, 0.2) is 0 Å². The SMILES string of the molecule is CC(O)Cc1cccc(-c2noc(CN)n2)c1. The first-order chi connectivity index (χ1) is 8.19. The second-order valence-corrected chi connectivity index (χ2v) is 3.97. The Morgan fingerprint density at radius 3 is 2.94 bits per heavy atom. The number of hydrogen-bond acceptors (Lipinski definition) is 5. The normalized spacial score (nSPS) is 12.6. The summed E-state index contributed by atoms with van der Waals surface area (Å²) in [7, 11) is 0. The summed E-state index contributed by atoms with van der Waals surface area (Å²) in [5.74, 6) is 0.943. The zero-order valence-electron chi connectivity index (χ0n) is 9.63. The molecule has 17 heavy (non-hydrogen) atoms. The van der Waals surface area contributed by atoms with Crippen molar-refractivity contribution in [2.75, 3.05) is 0 Å². The lowest BCUT2D eigenvalue weighted by Gasteiger charge is -2.04. The summed E-state index contributed by atoms with van der Waals surface area (Å²) in [4.78, 5) is 4.15. The summed E-state index contributed by atoms with van der Waals surface area (Å²) in [5.41, 5.74) is 7.31. The minimum Gasteiger partial charge on any atom is -0.393 e. The molecule has 1 atom stereocenters. The van der Waals surface area contributed by atoms with Gasteiger partial charge in [0.05, 0.1) is 12.6 Å². The Kier molecular flexibility index (Phi) is 3.51. The van der Waals surface area contributed by atoms with Crippen LogP contribution in [0.5, 0.6) is 0 Å². The molecule has 0 aliphatic rings. The molecule has 1 heterocycles.